The molecule has 3 rings (SSSR count). The number of amides is 1. The van der Waals surface area contributed by atoms with E-state index in [4.69, 9.17) is 9.26 Å². The van der Waals surface area contributed by atoms with Crippen LogP contribution in [0.4, 0.5) is 10.1 Å². The van der Waals surface area contributed by atoms with Crippen LogP contribution in [0.25, 0.3) is 0 Å². The zero-order valence-electron chi connectivity index (χ0n) is 13.7. The number of nitrogens with zero attached hydrogens (tertiary/aromatic N) is 1. The highest BCUT2D eigenvalue weighted by Crippen LogP contribution is 2.17. The van der Waals surface area contributed by atoms with Gasteiger partial charge in [-0.05, 0) is 48.9 Å². The number of hydrogen-bond acceptors (Lipinski definition) is 4. The van der Waals surface area contributed by atoms with E-state index in [1.54, 1.807) is 49.4 Å². The molecule has 1 amide bonds. The summed E-state index contributed by atoms with van der Waals surface area (Å²) in [4.78, 5) is 12.0. The van der Waals surface area contributed by atoms with E-state index in [2.05, 4.69) is 10.5 Å². The highest BCUT2D eigenvalue weighted by atomic mass is 19.1. The molecule has 128 valence electrons. The number of ether oxygens (including phenoxy) is 1. The molecular formula is C19H17FN2O3. The molecule has 0 aliphatic carbocycles. The lowest BCUT2D eigenvalue weighted by molar-refractivity contribution is -0.115. The van der Waals surface area contributed by atoms with Crippen molar-refractivity contribution in [3.05, 3.63) is 77.4 Å². The monoisotopic (exact) mass is 340 g/mol. The Bertz CT molecular complexity index is 859. The molecule has 0 atom stereocenters. The lowest BCUT2D eigenvalue weighted by atomic mass is 10.2. The van der Waals surface area contributed by atoms with Crippen molar-refractivity contribution >= 4 is 11.6 Å². The lowest BCUT2D eigenvalue weighted by Crippen LogP contribution is -2.14. The van der Waals surface area contributed by atoms with Gasteiger partial charge in [-0.25, -0.2) is 4.39 Å². The highest BCUT2D eigenvalue weighted by Gasteiger charge is 2.08. The van der Waals surface area contributed by atoms with Gasteiger partial charge in [0.1, 0.15) is 23.9 Å². The Hall–Kier alpha value is -3.15. The molecule has 0 spiro atoms. The van der Waals surface area contributed by atoms with Gasteiger partial charge in [0.25, 0.3) is 0 Å². The van der Waals surface area contributed by atoms with Gasteiger partial charge in [-0.15, -0.1) is 0 Å². The summed E-state index contributed by atoms with van der Waals surface area (Å²) in [6.07, 6.45) is 0.148. The third kappa shape index (κ3) is 4.91. The minimum atomic E-state index is -0.290. The lowest BCUT2D eigenvalue weighted by Gasteiger charge is -2.08. The Kier molecular flexibility index (Phi) is 5.09. The molecule has 0 saturated carbocycles. The van der Waals surface area contributed by atoms with Crippen LogP contribution in [0.3, 0.4) is 0 Å². The zero-order chi connectivity index (χ0) is 17.6. The number of benzene rings is 2. The summed E-state index contributed by atoms with van der Waals surface area (Å²) >= 11 is 0. The molecule has 0 radical (unpaired) electrons. The van der Waals surface area contributed by atoms with E-state index in [9.17, 15) is 9.18 Å². The molecule has 2 aromatic carbocycles. The van der Waals surface area contributed by atoms with Gasteiger partial charge < -0.3 is 14.6 Å². The van der Waals surface area contributed by atoms with Crippen LogP contribution in [0.15, 0.2) is 59.1 Å². The minimum Gasteiger partial charge on any atom is -0.489 e. The molecule has 0 fully saturated rings. The van der Waals surface area contributed by atoms with Crippen LogP contribution in [0.5, 0.6) is 5.75 Å². The Morgan fingerprint density at radius 2 is 2.00 bits per heavy atom. The zero-order valence-corrected chi connectivity index (χ0v) is 13.7. The first-order valence-electron chi connectivity index (χ1n) is 7.78. The maximum atomic E-state index is 13.1. The topological polar surface area (TPSA) is 64.4 Å². The molecule has 25 heavy (non-hydrogen) atoms. The van der Waals surface area contributed by atoms with Gasteiger partial charge in [-0.2, -0.15) is 0 Å². The SMILES string of the molecule is Cc1cc(CC(=O)Nc2ccc(OCc3cccc(F)c3)cc2)no1. The van der Waals surface area contributed by atoms with Crippen LogP contribution < -0.4 is 10.1 Å². The second kappa shape index (κ2) is 7.61. The minimum absolute atomic E-state index is 0.148. The van der Waals surface area contributed by atoms with Crippen molar-refractivity contribution < 1.29 is 18.4 Å². The summed E-state index contributed by atoms with van der Waals surface area (Å²) in [5.74, 6) is 0.834. The summed E-state index contributed by atoms with van der Waals surface area (Å²) in [7, 11) is 0. The highest BCUT2D eigenvalue weighted by molar-refractivity contribution is 5.92. The molecule has 0 aliphatic rings. The van der Waals surface area contributed by atoms with Crippen LogP contribution in [-0.4, -0.2) is 11.1 Å². The largest absolute Gasteiger partial charge is 0.489 e. The molecule has 0 bridgehead atoms. The van der Waals surface area contributed by atoms with Crippen molar-refractivity contribution in [1.29, 1.82) is 0 Å². The molecule has 5 nitrogen and oxygen atoms in total. The van der Waals surface area contributed by atoms with E-state index in [-0.39, 0.29) is 24.8 Å². The smallest absolute Gasteiger partial charge is 0.230 e. The maximum Gasteiger partial charge on any atom is 0.230 e. The Labute approximate surface area is 144 Å². The van der Waals surface area contributed by atoms with Gasteiger partial charge in [0, 0.05) is 11.8 Å². The summed E-state index contributed by atoms with van der Waals surface area (Å²) in [6.45, 7) is 2.05. The Balaban J connectivity index is 1.52. The second-order valence-corrected chi connectivity index (χ2v) is 5.60. The summed E-state index contributed by atoms with van der Waals surface area (Å²) in [6, 6.07) is 15.0. The predicted molar refractivity (Wildman–Crippen MR) is 90.7 cm³/mol. The first-order chi connectivity index (χ1) is 12.1. The average molecular weight is 340 g/mol. The fourth-order valence-corrected chi connectivity index (χ4v) is 2.30. The number of aryl methyl sites for hydroxylation is 1. The first kappa shape index (κ1) is 16.7. The van der Waals surface area contributed by atoms with E-state index >= 15 is 0 Å². The Morgan fingerprint density at radius 1 is 1.20 bits per heavy atom. The quantitative estimate of drug-likeness (QED) is 0.739. The van der Waals surface area contributed by atoms with Crippen molar-refractivity contribution in [2.75, 3.05) is 5.32 Å². The summed E-state index contributed by atoms with van der Waals surface area (Å²) < 4.78 is 23.7. The van der Waals surface area contributed by atoms with Crippen molar-refractivity contribution in [2.45, 2.75) is 20.0 Å². The molecule has 0 unspecified atom stereocenters. The number of aromatic nitrogens is 1. The van der Waals surface area contributed by atoms with E-state index in [1.165, 1.54) is 12.1 Å². The number of nitrogens with one attached hydrogen (secondary N) is 1. The molecular weight excluding hydrogens is 323 g/mol. The van der Waals surface area contributed by atoms with Gasteiger partial charge >= 0.3 is 0 Å². The maximum absolute atomic E-state index is 13.1. The number of rotatable bonds is 6. The number of carbonyl (C=O) groups excluding carboxylic acids is 1. The molecule has 0 saturated heterocycles. The number of carbonyl (C=O) groups is 1. The molecule has 1 N–H and O–H groups in total. The number of hydrogen-bond donors (Lipinski definition) is 1. The van der Waals surface area contributed by atoms with Gasteiger partial charge in [0.05, 0.1) is 12.1 Å². The van der Waals surface area contributed by atoms with Gasteiger partial charge in [0.15, 0.2) is 0 Å². The van der Waals surface area contributed by atoms with Crippen molar-refractivity contribution in [3.63, 3.8) is 0 Å². The number of anilines is 1. The molecule has 6 heteroatoms. The number of halogens is 1. The van der Waals surface area contributed by atoms with Crippen LogP contribution in [0.2, 0.25) is 0 Å². The Morgan fingerprint density at radius 3 is 2.68 bits per heavy atom. The van der Waals surface area contributed by atoms with Gasteiger partial charge in [-0.3, -0.25) is 4.79 Å². The fourth-order valence-electron chi connectivity index (χ4n) is 2.30. The predicted octanol–water partition coefficient (Wildman–Crippen LogP) is 3.88. The fraction of sp³-hybridized carbons (Fsp3) is 0.158. The normalized spacial score (nSPS) is 10.5. The molecule has 0 aliphatic heterocycles. The first-order valence-corrected chi connectivity index (χ1v) is 7.78. The van der Waals surface area contributed by atoms with E-state index in [0.717, 1.165) is 5.56 Å². The summed E-state index contributed by atoms with van der Waals surface area (Å²) in [5, 5.41) is 6.57. The molecule has 1 aromatic heterocycles. The third-order valence-electron chi connectivity index (χ3n) is 3.45. The molecule has 1 heterocycles. The van der Waals surface area contributed by atoms with E-state index < -0.39 is 0 Å². The standard InChI is InChI=1S/C19H17FN2O3/c1-13-9-17(22-25-13)11-19(23)21-16-5-7-18(8-6-16)24-12-14-3-2-4-15(20)10-14/h2-10H,11-12H2,1H3,(H,21,23). The average Bonchev–Trinajstić information content (AvgIpc) is 2.99. The van der Waals surface area contributed by atoms with Crippen LogP contribution in [0.1, 0.15) is 17.0 Å². The van der Waals surface area contributed by atoms with E-state index in [1.807, 2.05) is 0 Å². The van der Waals surface area contributed by atoms with Gasteiger partial charge in [-0.1, -0.05) is 17.3 Å². The van der Waals surface area contributed by atoms with Crippen LogP contribution in [0, 0.1) is 12.7 Å². The second-order valence-electron chi connectivity index (χ2n) is 5.60. The van der Waals surface area contributed by atoms with Crippen molar-refractivity contribution in [3.8, 4) is 5.75 Å². The van der Waals surface area contributed by atoms with Crippen LogP contribution >= 0.6 is 0 Å². The van der Waals surface area contributed by atoms with Crippen LogP contribution in [-0.2, 0) is 17.8 Å². The summed E-state index contributed by atoms with van der Waals surface area (Å²) in [5.41, 5.74) is 1.99. The van der Waals surface area contributed by atoms with Crippen molar-refractivity contribution in [2.24, 2.45) is 0 Å². The van der Waals surface area contributed by atoms with Gasteiger partial charge in [0.2, 0.25) is 5.91 Å². The van der Waals surface area contributed by atoms with Crippen molar-refractivity contribution in [1.82, 2.24) is 5.16 Å². The third-order valence-corrected chi connectivity index (χ3v) is 3.45. The molecule has 3 aromatic rings. The van der Waals surface area contributed by atoms with E-state index in [0.29, 0.717) is 22.9 Å².